The molecule has 0 saturated carbocycles. The first-order valence-electron chi connectivity index (χ1n) is 5.74. The highest BCUT2D eigenvalue weighted by atomic mass is 35.5. The van der Waals surface area contributed by atoms with Gasteiger partial charge in [-0.2, -0.15) is 0 Å². The minimum atomic E-state index is -0.316. The van der Waals surface area contributed by atoms with Crippen molar-refractivity contribution < 1.29 is 4.39 Å². The maximum absolute atomic E-state index is 12.9. The van der Waals surface area contributed by atoms with Crippen molar-refractivity contribution in [3.8, 4) is 0 Å². The number of pyridine rings is 1. The van der Waals surface area contributed by atoms with Gasteiger partial charge in [0.05, 0.1) is 0 Å². The lowest BCUT2D eigenvalue weighted by atomic mass is 10.1. The van der Waals surface area contributed by atoms with Crippen LogP contribution in [0.15, 0.2) is 42.7 Å². The molecule has 0 aliphatic heterocycles. The second-order valence-corrected chi connectivity index (χ2v) is 4.54. The van der Waals surface area contributed by atoms with Crippen LogP contribution in [0.4, 0.5) is 4.39 Å². The number of benzene rings is 1. The first kappa shape index (κ1) is 13.0. The number of hydrogen-bond acceptors (Lipinski definition) is 2. The van der Waals surface area contributed by atoms with Crippen LogP contribution in [0, 0.1) is 5.82 Å². The lowest BCUT2D eigenvalue weighted by molar-refractivity contribution is 0.570. The van der Waals surface area contributed by atoms with Gasteiger partial charge >= 0.3 is 0 Å². The molecule has 1 N–H and O–H groups in total. The van der Waals surface area contributed by atoms with Gasteiger partial charge in [-0.05, 0) is 36.2 Å². The van der Waals surface area contributed by atoms with Crippen LogP contribution in [0.1, 0.15) is 24.1 Å². The highest BCUT2D eigenvalue weighted by Gasteiger charge is 2.09. The maximum atomic E-state index is 12.9. The average molecular weight is 265 g/mol. The molecule has 0 aliphatic rings. The molecule has 18 heavy (non-hydrogen) atoms. The van der Waals surface area contributed by atoms with E-state index in [9.17, 15) is 4.39 Å². The Hall–Kier alpha value is -1.45. The van der Waals surface area contributed by atoms with Gasteiger partial charge in [-0.25, -0.2) is 4.39 Å². The topological polar surface area (TPSA) is 24.9 Å². The Labute approximate surface area is 111 Å². The summed E-state index contributed by atoms with van der Waals surface area (Å²) in [6.45, 7) is 2.69. The fraction of sp³-hybridized carbons (Fsp3) is 0.214. The Balaban J connectivity index is 2.01. The van der Waals surface area contributed by atoms with Crippen LogP contribution in [-0.4, -0.2) is 4.98 Å². The van der Waals surface area contributed by atoms with E-state index < -0.39 is 0 Å². The van der Waals surface area contributed by atoms with Gasteiger partial charge in [0, 0.05) is 30.0 Å². The Morgan fingerprint density at radius 1 is 1.39 bits per heavy atom. The van der Waals surface area contributed by atoms with Crippen LogP contribution in [0.3, 0.4) is 0 Å². The molecule has 0 radical (unpaired) electrons. The molecule has 2 rings (SSSR count). The fourth-order valence-corrected chi connectivity index (χ4v) is 2.07. The molecule has 1 aromatic heterocycles. The molecule has 0 amide bonds. The van der Waals surface area contributed by atoms with Crippen molar-refractivity contribution in [2.24, 2.45) is 0 Å². The summed E-state index contributed by atoms with van der Waals surface area (Å²) in [4.78, 5) is 4.05. The van der Waals surface area contributed by atoms with Crippen molar-refractivity contribution in [2.75, 3.05) is 0 Å². The summed E-state index contributed by atoms with van der Waals surface area (Å²) in [6, 6.07) is 8.41. The van der Waals surface area contributed by atoms with Crippen LogP contribution in [0.2, 0.25) is 5.02 Å². The van der Waals surface area contributed by atoms with E-state index in [1.807, 2.05) is 25.3 Å². The van der Waals surface area contributed by atoms with Gasteiger partial charge in [0.25, 0.3) is 0 Å². The summed E-state index contributed by atoms with van der Waals surface area (Å²) >= 11 is 6.01. The molecule has 1 unspecified atom stereocenters. The standard InChI is InChI=1S/C14H14ClFN2/c1-10(13-5-4-12(16)7-14(13)15)18-9-11-3-2-6-17-8-11/h2-8,10,18H,9H2,1H3. The van der Waals surface area contributed by atoms with Crippen LogP contribution in [0.25, 0.3) is 0 Å². The maximum Gasteiger partial charge on any atom is 0.124 e. The zero-order valence-electron chi connectivity index (χ0n) is 10.0. The molecular formula is C14H14ClFN2. The largest absolute Gasteiger partial charge is 0.306 e. The lowest BCUT2D eigenvalue weighted by Gasteiger charge is -2.15. The number of halogens is 2. The molecule has 2 aromatic rings. The highest BCUT2D eigenvalue weighted by molar-refractivity contribution is 6.31. The van der Waals surface area contributed by atoms with Gasteiger partial charge in [-0.15, -0.1) is 0 Å². The summed E-state index contributed by atoms with van der Waals surface area (Å²) < 4.78 is 12.9. The Bertz CT molecular complexity index is 516. The van der Waals surface area contributed by atoms with Crippen LogP contribution in [-0.2, 0) is 6.54 Å². The van der Waals surface area contributed by atoms with Crippen molar-refractivity contribution >= 4 is 11.6 Å². The lowest BCUT2D eigenvalue weighted by Crippen LogP contribution is -2.18. The Kier molecular flexibility index (Phi) is 4.28. The molecule has 1 aromatic carbocycles. The molecule has 94 valence electrons. The van der Waals surface area contributed by atoms with Gasteiger partial charge in [0.1, 0.15) is 5.82 Å². The van der Waals surface area contributed by atoms with Gasteiger partial charge in [-0.1, -0.05) is 23.7 Å². The van der Waals surface area contributed by atoms with E-state index in [4.69, 9.17) is 11.6 Å². The van der Waals surface area contributed by atoms with E-state index in [2.05, 4.69) is 10.3 Å². The molecule has 1 atom stereocenters. The third kappa shape index (κ3) is 3.28. The van der Waals surface area contributed by atoms with E-state index in [0.29, 0.717) is 11.6 Å². The van der Waals surface area contributed by atoms with Crippen molar-refractivity contribution in [1.29, 1.82) is 0 Å². The van der Waals surface area contributed by atoms with Gasteiger partial charge in [0.15, 0.2) is 0 Å². The molecular weight excluding hydrogens is 251 g/mol. The van der Waals surface area contributed by atoms with Gasteiger partial charge < -0.3 is 5.32 Å². The Morgan fingerprint density at radius 2 is 2.22 bits per heavy atom. The quantitative estimate of drug-likeness (QED) is 0.910. The van der Waals surface area contributed by atoms with Crippen LogP contribution in [0.5, 0.6) is 0 Å². The van der Waals surface area contributed by atoms with Gasteiger partial charge in [-0.3, -0.25) is 4.98 Å². The number of hydrogen-bond donors (Lipinski definition) is 1. The summed E-state index contributed by atoms with van der Waals surface area (Å²) in [5, 5.41) is 3.77. The van der Waals surface area contributed by atoms with E-state index in [1.165, 1.54) is 12.1 Å². The predicted molar refractivity (Wildman–Crippen MR) is 70.9 cm³/mol. The highest BCUT2D eigenvalue weighted by Crippen LogP contribution is 2.23. The molecule has 0 spiro atoms. The summed E-state index contributed by atoms with van der Waals surface area (Å²) in [5.41, 5.74) is 1.99. The number of nitrogens with one attached hydrogen (secondary N) is 1. The Morgan fingerprint density at radius 3 is 2.89 bits per heavy atom. The molecule has 0 aliphatic carbocycles. The first-order valence-corrected chi connectivity index (χ1v) is 6.12. The van der Waals surface area contributed by atoms with Crippen LogP contribution >= 0.6 is 11.6 Å². The number of nitrogens with zero attached hydrogens (tertiary/aromatic N) is 1. The van der Waals surface area contributed by atoms with Crippen LogP contribution < -0.4 is 5.32 Å². The third-order valence-electron chi connectivity index (χ3n) is 2.76. The zero-order chi connectivity index (χ0) is 13.0. The van der Waals surface area contributed by atoms with E-state index in [1.54, 1.807) is 12.3 Å². The molecule has 0 saturated heterocycles. The monoisotopic (exact) mass is 264 g/mol. The number of rotatable bonds is 4. The molecule has 0 fully saturated rings. The first-order chi connectivity index (χ1) is 8.66. The van der Waals surface area contributed by atoms with Crippen molar-refractivity contribution in [2.45, 2.75) is 19.5 Å². The van der Waals surface area contributed by atoms with E-state index in [0.717, 1.165) is 11.1 Å². The number of aromatic nitrogens is 1. The smallest absolute Gasteiger partial charge is 0.124 e. The second kappa shape index (κ2) is 5.94. The minimum Gasteiger partial charge on any atom is -0.306 e. The van der Waals surface area contributed by atoms with Crippen molar-refractivity contribution in [3.05, 3.63) is 64.7 Å². The van der Waals surface area contributed by atoms with Gasteiger partial charge in [0.2, 0.25) is 0 Å². The SMILES string of the molecule is CC(NCc1cccnc1)c1ccc(F)cc1Cl. The summed E-state index contributed by atoms with van der Waals surface area (Å²) in [7, 11) is 0. The molecule has 1 heterocycles. The normalized spacial score (nSPS) is 12.4. The zero-order valence-corrected chi connectivity index (χ0v) is 10.8. The minimum absolute atomic E-state index is 0.0540. The second-order valence-electron chi connectivity index (χ2n) is 4.13. The fourth-order valence-electron chi connectivity index (χ4n) is 1.74. The van der Waals surface area contributed by atoms with Crippen molar-refractivity contribution in [3.63, 3.8) is 0 Å². The molecule has 0 bridgehead atoms. The summed E-state index contributed by atoms with van der Waals surface area (Å²) in [6.07, 6.45) is 3.55. The molecule has 2 nitrogen and oxygen atoms in total. The third-order valence-corrected chi connectivity index (χ3v) is 3.09. The summed E-state index contributed by atoms with van der Waals surface area (Å²) in [5.74, 6) is -0.316. The molecule has 4 heteroatoms. The van der Waals surface area contributed by atoms with E-state index in [-0.39, 0.29) is 11.9 Å². The average Bonchev–Trinajstić information content (AvgIpc) is 2.37. The predicted octanol–water partition coefficient (Wildman–Crippen LogP) is 3.72. The van der Waals surface area contributed by atoms with E-state index >= 15 is 0 Å². The van der Waals surface area contributed by atoms with Crippen molar-refractivity contribution in [1.82, 2.24) is 10.3 Å².